The average Bonchev–Trinajstić information content (AvgIpc) is 2.87. The molecule has 0 saturated heterocycles. The van der Waals surface area contributed by atoms with Gasteiger partial charge in [-0.25, -0.2) is 9.97 Å². The minimum Gasteiger partial charge on any atom is -0.480 e. The van der Waals surface area contributed by atoms with Crippen molar-refractivity contribution in [2.45, 2.75) is 0 Å². The van der Waals surface area contributed by atoms with Crippen molar-refractivity contribution in [3.05, 3.63) is 38.9 Å². The molecule has 3 heterocycles. The van der Waals surface area contributed by atoms with Crippen molar-refractivity contribution >= 4 is 16.7 Å². The van der Waals surface area contributed by atoms with Crippen molar-refractivity contribution in [2.24, 2.45) is 7.05 Å². The fourth-order valence-corrected chi connectivity index (χ4v) is 2.04. The van der Waals surface area contributed by atoms with Gasteiger partial charge in [0.1, 0.15) is 17.5 Å². The fourth-order valence-electron chi connectivity index (χ4n) is 2.04. The quantitative estimate of drug-likeness (QED) is 0.555. The van der Waals surface area contributed by atoms with Crippen molar-refractivity contribution in [1.82, 2.24) is 24.7 Å². The van der Waals surface area contributed by atoms with Gasteiger partial charge in [-0.3, -0.25) is 19.6 Å². The van der Waals surface area contributed by atoms with Crippen LogP contribution in [0.1, 0.15) is 0 Å². The zero-order valence-electron chi connectivity index (χ0n) is 11.6. The summed E-state index contributed by atoms with van der Waals surface area (Å²) in [6, 6.07) is 1.24. The normalized spacial score (nSPS) is 10.8. The van der Waals surface area contributed by atoms with Crippen molar-refractivity contribution in [3.8, 4) is 17.3 Å². The highest BCUT2D eigenvalue weighted by atomic mass is 16.6. The maximum Gasteiger partial charge on any atom is 0.288 e. The number of nitrogens with one attached hydrogen (secondary N) is 1. The van der Waals surface area contributed by atoms with Crippen LogP contribution in [-0.4, -0.2) is 36.8 Å². The van der Waals surface area contributed by atoms with Crippen LogP contribution < -0.4 is 10.3 Å². The average molecular weight is 302 g/mol. The highest BCUT2D eigenvalue weighted by Crippen LogP contribution is 2.28. The Labute approximate surface area is 122 Å². The van der Waals surface area contributed by atoms with Crippen molar-refractivity contribution in [1.29, 1.82) is 0 Å². The summed E-state index contributed by atoms with van der Waals surface area (Å²) in [5.41, 5.74) is 0.0943. The van der Waals surface area contributed by atoms with E-state index in [1.807, 2.05) is 0 Å². The second kappa shape index (κ2) is 4.91. The smallest absolute Gasteiger partial charge is 0.288 e. The van der Waals surface area contributed by atoms with Gasteiger partial charge in [-0.1, -0.05) is 0 Å². The molecule has 112 valence electrons. The predicted molar refractivity (Wildman–Crippen MR) is 75.6 cm³/mol. The predicted octanol–water partition coefficient (Wildman–Crippen LogP) is 0.635. The molecule has 0 spiro atoms. The second-order valence-electron chi connectivity index (χ2n) is 4.46. The third-order valence-corrected chi connectivity index (χ3v) is 2.98. The first kappa shape index (κ1) is 13.7. The van der Waals surface area contributed by atoms with E-state index >= 15 is 0 Å². The number of methoxy groups -OCH3 is 1. The van der Waals surface area contributed by atoms with Gasteiger partial charge in [-0.05, 0) is 0 Å². The van der Waals surface area contributed by atoms with Crippen LogP contribution in [0.2, 0.25) is 0 Å². The molecule has 0 amide bonds. The Morgan fingerprint density at radius 1 is 1.45 bits per heavy atom. The molecule has 10 heteroatoms. The molecule has 0 saturated carbocycles. The first-order valence-corrected chi connectivity index (χ1v) is 6.12. The van der Waals surface area contributed by atoms with E-state index in [1.54, 1.807) is 13.2 Å². The Kier molecular flexibility index (Phi) is 3.05. The van der Waals surface area contributed by atoms with Gasteiger partial charge in [-0.2, -0.15) is 5.10 Å². The first-order valence-electron chi connectivity index (χ1n) is 6.12. The molecule has 0 unspecified atom stereocenters. The van der Waals surface area contributed by atoms with Crippen LogP contribution in [0.3, 0.4) is 0 Å². The van der Waals surface area contributed by atoms with Gasteiger partial charge < -0.3 is 9.72 Å². The van der Waals surface area contributed by atoms with Crippen LogP contribution >= 0.6 is 0 Å². The number of ether oxygens (including phenoxy) is 1. The number of hydrogen-bond donors (Lipinski definition) is 1. The van der Waals surface area contributed by atoms with E-state index in [0.29, 0.717) is 5.52 Å². The molecule has 10 nitrogen and oxygen atoms in total. The van der Waals surface area contributed by atoms with Gasteiger partial charge in [0, 0.05) is 13.1 Å². The summed E-state index contributed by atoms with van der Waals surface area (Å²) in [4.78, 5) is 33.0. The van der Waals surface area contributed by atoms with E-state index in [9.17, 15) is 14.9 Å². The van der Waals surface area contributed by atoms with Gasteiger partial charge >= 0.3 is 0 Å². The number of aromatic nitrogens is 5. The molecular weight excluding hydrogens is 292 g/mol. The van der Waals surface area contributed by atoms with Gasteiger partial charge in [0.05, 0.1) is 23.8 Å². The zero-order valence-corrected chi connectivity index (χ0v) is 11.6. The van der Waals surface area contributed by atoms with E-state index in [2.05, 4.69) is 20.1 Å². The lowest BCUT2D eigenvalue weighted by molar-refractivity contribution is -0.385. The Bertz CT molecular complexity index is 944. The highest BCUT2D eigenvalue weighted by molar-refractivity contribution is 5.76. The Hall–Kier alpha value is -3.30. The second-order valence-corrected chi connectivity index (χ2v) is 4.46. The SMILES string of the molecule is COc1ncc([N+](=O)[O-])cc1-c1nc2cn(C)nc2c(=O)[nH]1. The number of fused-ring (bicyclic) bond motifs is 1. The Balaban J connectivity index is 2.28. The topological polar surface area (TPSA) is 129 Å². The molecule has 3 aromatic rings. The summed E-state index contributed by atoms with van der Waals surface area (Å²) in [6.45, 7) is 0. The van der Waals surface area contributed by atoms with Crippen LogP contribution in [-0.2, 0) is 7.05 Å². The minimum absolute atomic E-state index is 0.122. The number of rotatable bonds is 3. The molecule has 3 rings (SSSR count). The number of aromatic amines is 1. The summed E-state index contributed by atoms with van der Waals surface area (Å²) in [5.74, 6) is 0.246. The molecule has 0 fully saturated rings. The third kappa shape index (κ3) is 2.16. The van der Waals surface area contributed by atoms with E-state index in [1.165, 1.54) is 17.9 Å². The molecule has 22 heavy (non-hydrogen) atoms. The van der Waals surface area contributed by atoms with E-state index < -0.39 is 10.5 Å². The molecule has 1 N–H and O–H groups in total. The first-order chi connectivity index (χ1) is 10.5. The number of hydrogen-bond acceptors (Lipinski definition) is 7. The number of nitrogens with zero attached hydrogens (tertiary/aromatic N) is 5. The lowest BCUT2D eigenvalue weighted by Gasteiger charge is -2.06. The van der Waals surface area contributed by atoms with Crippen LogP contribution in [0.4, 0.5) is 5.69 Å². The molecule has 0 aliphatic rings. The molecule has 0 aromatic carbocycles. The molecule has 3 aromatic heterocycles. The van der Waals surface area contributed by atoms with Crippen molar-refractivity contribution < 1.29 is 9.66 Å². The van der Waals surface area contributed by atoms with E-state index in [4.69, 9.17) is 4.74 Å². The molecule has 0 atom stereocenters. The van der Waals surface area contributed by atoms with Crippen LogP contribution in [0.15, 0.2) is 23.3 Å². The zero-order chi connectivity index (χ0) is 15.9. The summed E-state index contributed by atoms with van der Waals surface area (Å²) >= 11 is 0. The number of nitro groups is 1. The van der Waals surface area contributed by atoms with Gasteiger partial charge in [0.25, 0.3) is 11.2 Å². The minimum atomic E-state index is -0.587. The summed E-state index contributed by atoms with van der Waals surface area (Å²) < 4.78 is 6.53. The maximum atomic E-state index is 12.0. The van der Waals surface area contributed by atoms with Gasteiger partial charge in [0.2, 0.25) is 5.88 Å². The molecule has 0 radical (unpaired) electrons. The Morgan fingerprint density at radius 2 is 2.23 bits per heavy atom. The van der Waals surface area contributed by atoms with E-state index in [0.717, 1.165) is 6.20 Å². The number of H-pyrrole nitrogens is 1. The third-order valence-electron chi connectivity index (χ3n) is 2.98. The fraction of sp³-hybridized carbons (Fsp3) is 0.167. The van der Waals surface area contributed by atoms with Gasteiger partial charge in [0.15, 0.2) is 5.52 Å². The van der Waals surface area contributed by atoms with Crippen LogP contribution in [0.5, 0.6) is 5.88 Å². The van der Waals surface area contributed by atoms with Gasteiger partial charge in [-0.15, -0.1) is 0 Å². The van der Waals surface area contributed by atoms with Crippen molar-refractivity contribution in [2.75, 3.05) is 7.11 Å². The van der Waals surface area contributed by atoms with E-state index in [-0.39, 0.29) is 28.5 Å². The summed E-state index contributed by atoms with van der Waals surface area (Å²) in [5, 5.41) is 14.9. The highest BCUT2D eigenvalue weighted by Gasteiger charge is 2.18. The number of aryl methyl sites for hydroxylation is 1. The molecular formula is C12H10N6O4. The summed E-state index contributed by atoms with van der Waals surface area (Å²) in [7, 11) is 3.04. The molecule has 0 aliphatic heterocycles. The number of pyridine rings is 1. The van der Waals surface area contributed by atoms with Crippen molar-refractivity contribution in [3.63, 3.8) is 0 Å². The standard InChI is InChI=1S/C12H10N6O4/c1-17-5-8-9(16-17)11(19)15-10(14-8)7-3-6(18(20)21)4-13-12(7)22-2/h3-5H,1-2H3,(H,14,15,19). The lowest BCUT2D eigenvalue weighted by Crippen LogP contribution is -2.10. The molecule has 0 bridgehead atoms. The Morgan fingerprint density at radius 3 is 2.91 bits per heavy atom. The largest absolute Gasteiger partial charge is 0.480 e. The van der Waals surface area contributed by atoms with Crippen LogP contribution in [0.25, 0.3) is 22.4 Å². The molecule has 0 aliphatic carbocycles. The lowest BCUT2D eigenvalue weighted by atomic mass is 10.2. The van der Waals surface area contributed by atoms with Crippen LogP contribution in [0, 0.1) is 10.1 Å². The monoisotopic (exact) mass is 302 g/mol. The summed E-state index contributed by atoms with van der Waals surface area (Å²) in [6.07, 6.45) is 2.65. The maximum absolute atomic E-state index is 12.0.